The van der Waals surface area contributed by atoms with Gasteiger partial charge in [0.25, 0.3) is 0 Å². The van der Waals surface area contributed by atoms with Crippen LogP contribution < -0.4 is 5.32 Å². The fourth-order valence-corrected chi connectivity index (χ4v) is 2.24. The molecule has 0 saturated carbocycles. The molecule has 96 valence electrons. The molecular formula is C15H25NO. The van der Waals surface area contributed by atoms with Gasteiger partial charge in [-0.2, -0.15) is 0 Å². The van der Waals surface area contributed by atoms with Crippen LogP contribution in [0, 0.1) is 0 Å². The van der Waals surface area contributed by atoms with Crippen molar-refractivity contribution in [2.45, 2.75) is 58.3 Å². The Labute approximate surface area is 105 Å². The van der Waals surface area contributed by atoms with E-state index in [0.29, 0.717) is 0 Å². The van der Waals surface area contributed by atoms with E-state index in [1.54, 1.807) is 6.08 Å². The average Bonchev–Trinajstić information content (AvgIpc) is 2.31. The zero-order valence-corrected chi connectivity index (χ0v) is 11.0. The van der Waals surface area contributed by atoms with Crippen LogP contribution in [-0.4, -0.2) is 12.8 Å². The first-order valence-corrected chi connectivity index (χ1v) is 6.96. The van der Waals surface area contributed by atoms with Gasteiger partial charge in [0.2, 0.25) is 0 Å². The standard InChI is InChI=1S/C15H25NO/c1-2-3-12-16-15-11-7-5-4-6-9-14(15)10-8-13-17/h8,10,13,16H,2-7,9,11-12H2,1H3/b10-8+,15-14-. The summed E-state index contributed by atoms with van der Waals surface area (Å²) in [7, 11) is 0. The third kappa shape index (κ3) is 5.71. The number of hydrogen-bond acceptors (Lipinski definition) is 2. The van der Waals surface area contributed by atoms with Gasteiger partial charge < -0.3 is 5.32 Å². The zero-order chi connectivity index (χ0) is 12.3. The molecule has 2 nitrogen and oxygen atoms in total. The minimum Gasteiger partial charge on any atom is -0.388 e. The molecule has 0 aliphatic heterocycles. The van der Waals surface area contributed by atoms with Crippen molar-refractivity contribution in [3.63, 3.8) is 0 Å². The lowest BCUT2D eigenvalue weighted by Gasteiger charge is -2.18. The van der Waals surface area contributed by atoms with Crippen LogP contribution in [0.3, 0.4) is 0 Å². The minimum absolute atomic E-state index is 0.870. The van der Waals surface area contributed by atoms with Gasteiger partial charge in [-0.1, -0.05) is 32.3 Å². The first-order valence-electron chi connectivity index (χ1n) is 6.96. The molecule has 1 N–H and O–H groups in total. The van der Waals surface area contributed by atoms with Crippen LogP contribution in [-0.2, 0) is 4.79 Å². The number of unbranched alkanes of at least 4 members (excludes halogenated alkanes) is 1. The van der Waals surface area contributed by atoms with Crippen LogP contribution in [0.4, 0.5) is 0 Å². The van der Waals surface area contributed by atoms with E-state index in [-0.39, 0.29) is 0 Å². The molecule has 0 aromatic rings. The molecule has 1 aliphatic rings. The summed E-state index contributed by atoms with van der Waals surface area (Å²) in [5.41, 5.74) is 2.71. The maximum absolute atomic E-state index is 10.4. The van der Waals surface area contributed by atoms with Crippen LogP contribution >= 0.6 is 0 Å². The van der Waals surface area contributed by atoms with E-state index in [1.807, 2.05) is 6.08 Å². The predicted octanol–water partition coefficient (Wildman–Crippen LogP) is 3.74. The highest BCUT2D eigenvalue weighted by Gasteiger charge is 2.07. The SMILES string of the molecule is CCCCN/C1=C(\C=C\C=O)CCCCCC1. The van der Waals surface area contributed by atoms with Crippen LogP contribution in [0.2, 0.25) is 0 Å². The molecule has 0 atom stereocenters. The highest BCUT2D eigenvalue weighted by atomic mass is 16.1. The first kappa shape index (κ1) is 14.0. The Morgan fingerprint density at radius 3 is 2.65 bits per heavy atom. The summed E-state index contributed by atoms with van der Waals surface area (Å²) < 4.78 is 0. The van der Waals surface area contributed by atoms with Crippen LogP contribution in [0.5, 0.6) is 0 Å². The summed E-state index contributed by atoms with van der Waals surface area (Å²) in [6, 6.07) is 0. The second-order valence-corrected chi connectivity index (χ2v) is 4.69. The summed E-state index contributed by atoms with van der Waals surface area (Å²) >= 11 is 0. The Kier molecular flexibility index (Phi) is 7.44. The van der Waals surface area contributed by atoms with Gasteiger partial charge in [0.05, 0.1) is 0 Å². The van der Waals surface area contributed by atoms with Crippen molar-refractivity contribution in [1.29, 1.82) is 0 Å². The third-order valence-electron chi connectivity index (χ3n) is 3.26. The highest BCUT2D eigenvalue weighted by molar-refractivity contribution is 5.65. The molecule has 0 unspecified atom stereocenters. The molecule has 0 aromatic heterocycles. The van der Waals surface area contributed by atoms with Crippen molar-refractivity contribution in [2.24, 2.45) is 0 Å². The van der Waals surface area contributed by atoms with Gasteiger partial charge in [0.1, 0.15) is 6.29 Å². The lowest BCUT2D eigenvalue weighted by Crippen LogP contribution is -2.17. The van der Waals surface area contributed by atoms with E-state index in [9.17, 15) is 4.79 Å². The number of carbonyl (C=O) groups excluding carboxylic acids is 1. The van der Waals surface area contributed by atoms with Gasteiger partial charge in [0, 0.05) is 12.2 Å². The average molecular weight is 235 g/mol. The van der Waals surface area contributed by atoms with Gasteiger partial charge in [-0.05, 0) is 43.8 Å². The van der Waals surface area contributed by atoms with Crippen LogP contribution in [0.15, 0.2) is 23.4 Å². The van der Waals surface area contributed by atoms with Crippen molar-refractivity contribution in [3.8, 4) is 0 Å². The van der Waals surface area contributed by atoms with Gasteiger partial charge in [-0.3, -0.25) is 4.79 Å². The Bertz CT molecular complexity index is 279. The Hall–Kier alpha value is -1.05. The summed E-state index contributed by atoms with van der Waals surface area (Å²) in [4.78, 5) is 10.4. The third-order valence-corrected chi connectivity index (χ3v) is 3.26. The van der Waals surface area contributed by atoms with Gasteiger partial charge in [-0.25, -0.2) is 0 Å². The van der Waals surface area contributed by atoms with Gasteiger partial charge >= 0.3 is 0 Å². The van der Waals surface area contributed by atoms with E-state index in [2.05, 4.69) is 12.2 Å². The minimum atomic E-state index is 0.870. The van der Waals surface area contributed by atoms with Crippen LogP contribution in [0.1, 0.15) is 58.3 Å². The fraction of sp³-hybridized carbons (Fsp3) is 0.667. The number of carbonyl (C=O) groups is 1. The van der Waals surface area contributed by atoms with Crippen LogP contribution in [0.25, 0.3) is 0 Å². The lowest BCUT2D eigenvalue weighted by molar-refractivity contribution is -0.104. The molecule has 0 saturated heterocycles. The predicted molar refractivity (Wildman–Crippen MR) is 72.8 cm³/mol. The molecule has 0 fully saturated rings. The molecule has 0 spiro atoms. The fourth-order valence-electron chi connectivity index (χ4n) is 2.24. The molecular weight excluding hydrogens is 210 g/mol. The Balaban J connectivity index is 2.67. The molecule has 0 bridgehead atoms. The molecule has 0 radical (unpaired) electrons. The maximum atomic E-state index is 10.4. The van der Waals surface area contributed by atoms with Gasteiger partial charge in [0.15, 0.2) is 0 Å². The summed E-state index contributed by atoms with van der Waals surface area (Å²) in [6.07, 6.45) is 14.4. The number of aldehydes is 1. The van der Waals surface area contributed by atoms with E-state index in [0.717, 1.165) is 25.7 Å². The molecule has 0 amide bonds. The quantitative estimate of drug-likeness (QED) is 0.431. The van der Waals surface area contributed by atoms with E-state index < -0.39 is 0 Å². The Morgan fingerprint density at radius 2 is 1.94 bits per heavy atom. The molecule has 0 aromatic carbocycles. The monoisotopic (exact) mass is 235 g/mol. The molecule has 0 heterocycles. The number of nitrogens with one attached hydrogen (secondary N) is 1. The second kappa shape index (κ2) is 9.03. The number of rotatable bonds is 6. The van der Waals surface area contributed by atoms with Crippen molar-refractivity contribution >= 4 is 6.29 Å². The van der Waals surface area contributed by atoms with E-state index >= 15 is 0 Å². The summed E-state index contributed by atoms with van der Waals surface area (Å²) in [6.45, 7) is 3.27. The maximum Gasteiger partial charge on any atom is 0.142 e. The first-order chi connectivity index (χ1) is 8.38. The van der Waals surface area contributed by atoms with E-state index in [4.69, 9.17) is 0 Å². The smallest absolute Gasteiger partial charge is 0.142 e. The highest BCUT2D eigenvalue weighted by Crippen LogP contribution is 2.22. The zero-order valence-electron chi connectivity index (χ0n) is 11.0. The Morgan fingerprint density at radius 1 is 1.18 bits per heavy atom. The lowest BCUT2D eigenvalue weighted by atomic mass is 9.97. The summed E-state index contributed by atoms with van der Waals surface area (Å²) in [5, 5.41) is 3.56. The number of allylic oxidation sites excluding steroid dienone is 4. The van der Waals surface area contributed by atoms with E-state index in [1.165, 1.54) is 49.8 Å². The van der Waals surface area contributed by atoms with Crippen molar-refractivity contribution < 1.29 is 4.79 Å². The molecule has 2 heteroatoms. The second-order valence-electron chi connectivity index (χ2n) is 4.69. The van der Waals surface area contributed by atoms with Crippen molar-refractivity contribution in [3.05, 3.63) is 23.4 Å². The number of hydrogen-bond donors (Lipinski definition) is 1. The topological polar surface area (TPSA) is 29.1 Å². The van der Waals surface area contributed by atoms with Gasteiger partial charge in [-0.15, -0.1) is 0 Å². The summed E-state index contributed by atoms with van der Waals surface area (Å²) in [5.74, 6) is 0. The van der Waals surface area contributed by atoms with Crippen molar-refractivity contribution in [2.75, 3.05) is 6.54 Å². The normalized spacial score (nSPS) is 22.2. The van der Waals surface area contributed by atoms with Crippen molar-refractivity contribution in [1.82, 2.24) is 5.32 Å². The molecule has 17 heavy (non-hydrogen) atoms. The molecule has 1 aliphatic carbocycles. The largest absolute Gasteiger partial charge is 0.388 e. The molecule has 1 rings (SSSR count).